The molecule has 0 aromatic carbocycles. The van der Waals surface area contributed by atoms with Crippen LogP contribution in [0.4, 0.5) is 0 Å². The van der Waals surface area contributed by atoms with E-state index in [0.29, 0.717) is 19.4 Å². The Kier molecular flexibility index (Phi) is 3.19. The van der Waals surface area contributed by atoms with Gasteiger partial charge in [0.1, 0.15) is 5.78 Å². The second kappa shape index (κ2) is 4.18. The van der Waals surface area contributed by atoms with Crippen molar-refractivity contribution in [2.75, 3.05) is 6.54 Å². The van der Waals surface area contributed by atoms with Crippen LogP contribution >= 0.6 is 0 Å². The van der Waals surface area contributed by atoms with E-state index in [1.54, 1.807) is 4.68 Å². The number of hydrogen-bond donors (Lipinski definition) is 1. The van der Waals surface area contributed by atoms with Crippen LogP contribution in [0.5, 0.6) is 0 Å². The summed E-state index contributed by atoms with van der Waals surface area (Å²) in [5, 5.41) is 4.16. The number of hydrogen-bond acceptors (Lipinski definition) is 3. The van der Waals surface area contributed by atoms with Crippen LogP contribution in [0.1, 0.15) is 17.8 Å². The van der Waals surface area contributed by atoms with Gasteiger partial charge in [0, 0.05) is 25.6 Å². The van der Waals surface area contributed by atoms with Crippen LogP contribution < -0.4 is 5.73 Å². The Hall–Kier alpha value is -1.16. The van der Waals surface area contributed by atoms with Crippen molar-refractivity contribution in [1.82, 2.24) is 9.78 Å². The fourth-order valence-corrected chi connectivity index (χ4v) is 1.28. The van der Waals surface area contributed by atoms with Crippen LogP contribution in [0.15, 0.2) is 6.07 Å². The highest BCUT2D eigenvalue weighted by Gasteiger charge is 2.07. The summed E-state index contributed by atoms with van der Waals surface area (Å²) in [5.74, 6) is 0.172. The number of aryl methyl sites for hydroxylation is 2. The molecule has 0 bridgehead atoms. The van der Waals surface area contributed by atoms with Crippen molar-refractivity contribution < 1.29 is 4.79 Å². The van der Waals surface area contributed by atoms with Gasteiger partial charge in [0.25, 0.3) is 0 Å². The van der Waals surface area contributed by atoms with E-state index in [-0.39, 0.29) is 5.78 Å². The topological polar surface area (TPSA) is 60.9 Å². The highest BCUT2D eigenvalue weighted by Crippen LogP contribution is 2.03. The number of nitrogens with zero attached hydrogens (tertiary/aromatic N) is 2. The van der Waals surface area contributed by atoms with Gasteiger partial charge in [-0.25, -0.2) is 0 Å². The minimum absolute atomic E-state index is 0.172. The number of aromatic nitrogens is 2. The molecule has 0 amide bonds. The van der Waals surface area contributed by atoms with Gasteiger partial charge in [-0.05, 0) is 19.5 Å². The molecule has 4 nitrogen and oxygen atoms in total. The largest absolute Gasteiger partial charge is 0.330 e. The van der Waals surface area contributed by atoms with E-state index in [9.17, 15) is 4.79 Å². The van der Waals surface area contributed by atoms with Gasteiger partial charge in [-0.15, -0.1) is 0 Å². The average Bonchev–Trinajstić information content (AvgIpc) is 2.30. The number of rotatable bonds is 4. The molecule has 0 saturated carbocycles. The first kappa shape index (κ1) is 9.92. The zero-order chi connectivity index (χ0) is 9.84. The zero-order valence-electron chi connectivity index (χ0n) is 8.08. The molecular formula is C9H15N3O. The Morgan fingerprint density at radius 3 is 2.85 bits per heavy atom. The van der Waals surface area contributed by atoms with Crippen molar-refractivity contribution in [3.63, 3.8) is 0 Å². The molecule has 0 radical (unpaired) electrons. The van der Waals surface area contributed by atoms with E-state index in [0.717, 1.165) is 11.4 Å². The third-order valence-electron chi connectivity index (χ3n) is 1.90. The minimum Gasteiger partial charge on any atom is -0.330 e. The van der Waals surface area contributed by atoms with Crippen molar-refractivity contribution in [2.24, 2.45) is 12.8 Å². The molecule has 0 aliphatic rings. The number of ketones is 1. The molecule has 1 rings (SSSR count). The van der Waals surface area contributed by atoms with Gasteiger partial charge in [-0.2, -0.15) is 5.10 Å². The third-order valence-corrected chi connectivity index (χ3v) is 1.90. The summed E-state index contributed by atoms with van der Waals surface area (Å²) in [6, 6.07) is 1.93. The molecule has 0 unspecified atom stereocenters. The van der Waals surface area contributed by atoms with Crippen LogP contribution in [-0.4, -0.2) is 22.1 Å². The van der Waals surface area contributed by atoms with Gasteiger partial charge >= 0.3 is 0 Å². The van der Waals surface area contributed by atoms with Gasteiger partial charge in [-0.1, -0.05) is 0 Å². The molecule has 0 spiro atoms. The predicted octanol–water partition coefficient (Wildman–Crippen LogP) is 0.189. The van der Waals surface area contributed by atoms with Crippen LogP contribution in [-0.2, 0) is 18.3 Å². The smallest absolute Gasteiger partial charge is 0.140 e. The van der Waals surface area contributed by atoms with E-state index >= 15 is 0 Å². The molecule has 0 atom stereocenters. The van der Waals surface area contributed by atoms with Crippen molar-refractivity contribution in [3.8, 4) is 0 Å². The average molecular weight is 181 g/mol. The second-order valence-electron chi connectivity index (χ2n) is 3.15. The fraction of sp³-hybridized carbons (Fsp3) is 0.556. The van der Waals surface area contributed by atoms with Crippen molar-refractivity contribution >= 4 is 5.78 Å². The lowest BCUT2D eigenvalue weighted by Gasteiger charge is -1.99. The van der Waals surface area contributed by atoms with E-state index in [2.05, 4.69) is 5.10 Å². The Morgan fingerprint density at radius 2 is 2.38 bits per heavy atom. The number of carbonyl (C=O) groups is 1. The summed E-state index contributed by atoms with van der Waals surface area (Å²) >= 11 is 0. The van der Waals surface area contributed by atoms with Crippen LogP contribution in [0.3, 0.4) is 0 Å². The lowest BCUT2D eigenvalue weighted by Crippen LogP contribution is -2.12. The predicted molar refractivity (Wildman–Crippen MR) is 50.3 cm³/mol. The van der Waals surface area contributed by atoms with Crippen LogP contribution in [0.2, 0.25) is 0 Å². The summed E-state index contributed by atoms with van der Waals surface area (Å²) in [5.41, 5.74) is 7.18. The number of carbonyl (C=O) groups excluding carboxylic acids is 1. The Bertz CT molecular complexity index is 304. The highest BCUT2D eigenvalue weighted by molar-refractivity contribution is 5.80. The molecule has 4 heteroatoms. The van der Waals surface area contributed by atoms with Crippen LogP contribution in [0, 0.1) is 6.92 Å². The number of nitrogens with two attached hydrogens (primary N) is 1. The molecule has 1 aromatic rings. The molecular weight excluding hydrogens is 166 g/mol. The Labute approximate surface area is 77.7 Å². The molecule has 0 saturated heterocycles. The van der Waals surface area contributed by atoms with Gasteiger partial charge in [0.05, 0.1) is 5.69 Å². The lowest BCUT2D eigenvalue weighted by atomic mass is 10.1. The van der Waals surface area contributed by atoms with E-state index < -0.39 is 0 Å². The monoisotopic (exact) mass is 181 g/mol. The minimum atomic E-state index is 0.172. The van der Waals surface area contributed by atoms with E-state index in [1.165, 1.54) is 0 Å². The third kappa shape index (κ3) is 2.66. The van der Waals surface area contributed by atoms with E-state index in [1.807, 2.05) is 20.0 Å². The standard InChI is InChI=1S/C9H15N3O/c1-7-5-8(12(2)11-7)6-9(13)3-4-10/h5H,3-4,6,10H2,1-2H3. The first-order chi connectivity index (χ1) is 6.13. The quantitative estimate of drug-likeness (QED) is 0.721. The van der Waals surface area contributed by atoms with Gasteiger partial charge < -0.3 is 5.73 Å². The summed E-state index contributed by atoms with van der Waals surface area (Å²) in [4.78, 5) is 11.3. The zero-order valence-corrected chi connectivity index (χ0v) is 8.08. The number of Topliss-reactive ketones (excluding diaryl/α,β-unsaturated/α-hetero) is 1. The SMILES string of the molecule is Cc1cc(CC(=O)CCN)n(C)n1. The molecule has 0 aliphatic heterocycles. The first-order valence-electron chi connectivity index (χ1n) is 4.34. The normalized spacial score (nSPS) is 10.4. The van der Waals surface area contributed by atoms with Gasteiger partial charge in [-0.3, -0.25) is 9.48 Å². The summed E-state index contributed by atoms with van der Waals surface area (Å²) in [7, 11) is 1.85. The molecule has 1 aromatic heterocycles. The lowest BCUT2D eigenvalue weighted by molar-refractivity contribution is -0.118. The summed E-state index contributed by atoms with van der Waals surface area (Å²) in [6.07, 6.45) is 0.888. The van der Waals surface area contributed by atoms with Crippen LogP contribution in [0.25, 0.3) is 0 Å². The maximum absolute atomic E-state index is 11.3. The molecule has 72 valence electrons. The molecule has 1 heterocycles. The maximum atomic E-state index is 11.3. The maximum Gasteiger partial charge on any atom is 0.140 e. The molecule has 0 fully saturated rings. The highest BCUT2D eigenvalue weighted by atomic mass is 16.1. The molecule has 0 aliphatic carbocycles. The Morgan fingerprint density at radius 1 is 1.69 bits per heavy atom. The molecule has 13 heavy (non-hydrogen) atoms. The Balaban J connectivity index is 2.63. The van der Waals surface area contributed by atoms with Crippen molar-refractivity contribution in [3.05, 3.63) is 17.5 Å². The summed E-state index contributed by atoms with van der Waals surface area (Å²) in [6.45, 7) is 2.34. The van der Waals surface area contributed by atoms with Crippen molar-refractivity contribution in [1.29, 1.82) is 0 Å². The first-order valence-corrected chi connectivity index (χ1v) is 4.34. The van der Waals surface area contributed by atoms with E-state index in [4.69, 9.17) is 5.73 Å². The summed E-state index contributed by atoms with van der Waals surface area (Å²) < 4.78 is 1.74. The van der Waals surface area contributed by atoms with Gasteiger partial charge in [0.15, 0.2) is 0 Å². The molecule has 2 N–H and O–H groups in total. The van der Waals surface area contributed by atoms with Crippen molar-refractivity contribution in [2.45, 2.75) is 19.8 Å². The fourth-order valence-electron chi connectivity index (χ4n) is 1.28. The second-order valence-corrected chi connectivity index (χ2v) is 3.15. The van der Waals surface area contributed by atoms with Gasteiger partial charge in [0.2, 0.25) is 0 Å².